The first-order valence-electron chi connectivity index (χ1n) is 4.82. The van der Waals surface area contributed by atoms with Gasteiger partial charge in [-0.05, 0) is 30.2 Å². The van der Waals surface area contributed by atoms with E-state index >= 15 is 0 Å². The van der Waals surface area contributed by atoms with E-state index in [1.165, 1.54) is 0 Å². The maximum absolute atomic E-state index is 10.6. The van der Waals surface area contributed by atoms with Crippen LogP contribution in [0.25, 0.3) is 0 Å². The van der Waals surface area contributed by atoms with Crippen LogP contribution in [0.1, 0.15) is 23.7 Å². The first kappa shape index (κ1) is 13.0. The molecule has 0 fully saturated rings. The molecule has 4 N–H and O–H groups in total. The van der Waals surface area contributed by atoms with Gasteiger partial charge in [0, 0.05) is 5.02 Å². The normalized spacial score (nSPS) is 14.5. The lowest BCUT2D eigenvalue weighted by molar-refractivity contribution is -0.121. The largest absolute Gasteiger partial charge is 0.390 e. The van der Waals surface area contributed by atoms with Gasteiger partial charge in [0.1, 0.15) is 6.10 Å². The predicted molar refractivity (Wildman–Crippen MR) is 61.0 cm³/mol. The lowest BCUT2D eigenvalue weighted by atomic mass is 9.98. The van der Waals surface area contributed by atoms with Crippen LogP contribution in [0, 0.1) is 6.92 Å². The van der Waals surface area contributed by atoms with Gasteiger partial charge in [0.2, 0.25) is 5.91 Å². The van der Waals surface area contributed by atoms with Gasteiger partial charge in [0.25, 0.3) is 0 Å². The minimum atomic E-state index is -1.20. The summed E-state index contributed by atoms with van der Waals surface area (Å²) in [6, 6.07) is 4.91. The first-order valence-corrected chi connectivity index (χ1v) is 5.20. The molecule has 5 heteroatoms. The van der Waals surface area contributed by atoms with Crippen molar-refractivity contribution >= 4 is 17.5 Å². The fraction of sp³-hybridized carbons (Fsp3) is 0.364. The number of carbonyl (C=O) groups is 1. The molecule has 0 aliphatic heterocycles. The van der Waals surface area contributed by atoms with Gasteiger partial charge in [-0.15, -0.1) is 0 Å². The SMILES string of the molecule is Cc1cc(Cl)ccc1C(O)C(O)CC(N)=O. The summed E-state index contributed by atoms with van der Waals surface area (Å²) in [7, 11) is 0. The molecule has 0 heterocycles. The van der Waals surface area contributed by atoms with E-state index in [1.807, 2.05) is 0 Å². The van der Waals surface area contributed by atoms with Gasteiger partial charge in [-0.1, -0.05) is 17.7 Å². The van der Waals surface area contributed by atoms with Crippen LogP contribution in [0.15, 0.2) is 18.2 Å². The Hall–Kier alpha value is -1.10. The van der Waals surface area contributed by atoms with E-state index in [0.717, 1.165) is 5.56 Å². The van der Waals surface area contributed by atoms with Crippen LogP contribution >= 0.6 is 11.6 Å². The molecule has 1 aromatic rings. The van der Waals surface area contributed by atoms with Crippen molar-refractivity contribution < 1.29 is 15.0 Å². The summed E-state index contributed by atoms with van der Waals surface area (Å²) in [4.78, 5) is 10.6. The molecule has 0 radical (unpaired) electrons. The van der Waals surface area contributed by atoms with Crippen LogP contribution in [-0.4, -0.2) is 22.2 Å². The first-order chi connectivity index (χ1) is 7.41. The van der Waals surface area contributed by atoms with Crippen molar-refractivity contribution in [2.45, 2.75) is 25.6 Å². The molecule has 0 aromatic heterocycles. The van der Waals surface area contributed by atoms with Gasteiger partial charge < -0.3 is 15.9 Å². The molecule has 4 nitrogen and oxygen atoms in total. The third kappa shape index (κ3) is 3.20. The summed E-state index contributed by atoms with van der Waals surface area (Å²) in [6.45, 7) is 1.77. The summed E-state index contributed by atoms with van der Waals surface area (Å²) < 4.78 is 0. The molecule has 0 aliphatic carbocycles. The molecule has 0 spiro atoms. The minimum absolute atomic E-state index is 0.275. The van der Waals surface area contributed by atoms with Gasteiger partial charge in [-0.3, -0.25) is 4.79 Å². The number of hydrogen-bond donors (Lipinski definition) is 3. The molecular weight excluding hydrogens is 230 g/mol. The van der Waals surface area contributed by atoms with Crippen molar-refractivity contribution in [1.29, 1.82) is 0 Å². The Morgan fingerprint density at radius 2 is 2.12 bits per heavy atom. The molecule has 0 bridgehead atoms. The van der Waals surface area contributed by atoms with Crippen LogP contribution in [-0.2, 0) is 4.79 Å². The highest BCUT2D eigenvalue weighted by molar-refractivity contribution is 6.30. The predicted octanol–water partition coefficient (Wildman–Crippen LogP) is 0.918. The molecule has 88 valence electrons. The fourth-order valence-electron chi connectivity index (χ4n) is 1.50. The number of primary amides is 1. The van der Waals surface area contributed by atoms with E-state index in [1.54, 1.807) is 25.1 Å². The highest BCUT2D eigenvalue weighted by atomic mass is 35.5. The van der Waals surface area contributed by atoms with Gasteiger partial charge in [0.15, 0.2) is 0 Å². The highest BCUT2D eigenvalue weighted by Gasteiger charge is 2.21. The second kappa shape index (κ2) is 5.30. The number of hydrogen-bond acceptors (Lipinski definition) is 3. The number of nitrogens with two attached hydrogens (primary N) is 1. The molecule has 1 rings (SSSR count). The number of carbonyl (C=O) groups excluding carboxylic acids is 1. The summed E-state index contributed by atoms with van der Waals surface area (Å²) in [5, 5.41) is 19.9. The summed E-state index contributed by atoms with van der Waals surface area (Å²) in [6.07, 6.45) is -2.61. The Labute approximate surface area is 98.6 Å². The van der Waals surface area contributed by atoms with E-state index in [2.05, 4.69) is 0 Å². The lowest BCUT2D eigenvalue weighted by Gasteiger charge is -2.18. The summed E-state index contributed by atoms with van der Waals surface area (Å²) in [5.41, 5.74) is 6.23. The summed E-state index contributed by atoms with van der Waals surface area (Å²) in [5.74, 6) is -0.654. The maximum Gasteiger partial charge on any atom is 0.220 e. The second-order valence-corrected chi connectivity index (χ2v) is 4.12. The van der Waals surface area contributed by atoms with E-state index in [0.29, 0.717) is 10.6 Å². The van der Waals surface area contributed by atoms with Gasteiger partial charge in [0.05, 0.1) is 12.5 Å². The van der Waals surface area contributed by atoms with Crippen molar-refractivity contribution in [3.8, 4) is 0 Å². The topological polar surface area (TPSA) is 83.6 Å². The van der Waals surface area contributed by atoms with Crippen molar-refractivity contribution in [2.24, 2.45) is 5.73 Å². The Balaban J connectivity index is 2.87. The Bertz CT molecular complexity index is 395. The van der Waals surface area contributed by atoms with Crippen molar-refractivity contribution in [1.82, 2.24) is 0 Å². The standard InChI is InChI=1S/C11H14ClNO3/c1-6-4-7(12)2-3-8(6)11(16)9(14)5-10(13)15/h2-4,9,11,14,16H,5H2,1H3,(H2,13,15). The van der Waals surface area contributed by atoms with E-state index in [-0.39, 0.29) is 6.42 Å². The number of aliphatic hydroxyl groups excluding tert-OH is 2. The molecule has 0 saturated carbocycles. The van der Waals surface area contributed by atoms with E-state index in [4.69, 9.17) is 17.3 Å². The number of aryl methyl sites for hydroxylation is 1. The Kier molecular flexibility index (Phi) is 4.29. The average Bonchev–Trinajstić information content (AvgIpc) is 2.15. The Morgan fingerprint density at radius 3 is 2.62 bits per heavy atom. The van der Waals surface area contributed by atoms with Crippen LogP contribution < -0.4 is 5.73 Å². The average molecular weight is 244 g/mol. The number of benzene rings is 1. The quantitative estimate of drug-likeness (QED) is 0.735. The fourth-order valence-corrected chi connectivity index (χ4v) is 1.72. The third-order valence-electron chi connectivity index (χ3n) is 2.33. The zero-order valence-corrected chi connectivity index (χ0v) is 9.61. The van der Waals surface area contributed by atoms with Crippen LogP contribution in [0.3, 0.4) is 0 Å². The molecule has 0 aliphatic rings. The maximum atomic E-state index is 10.6. The highest BCUT2D eigenvalue weighted by Crippen LogP contribution is 2.24. The Morgan fingerprint density at radius 1 is 1.50 bits per heavy atom. The summed E-state index contributed by atoms with van der Waals surface area (Å²) >= 11 is 5.77. The molecule has 2 atom stereocenters. The number of halogens is 1. The van der Waals surface area contributed by atoms with Gasteiger partial charge in [-0.2, -0.15) is 0 Å². The van der Waals surface area contributed by atoms with Gasteiger partial charge >= 0.3 is 0 Å². The zero-order chi connectivity index (χ0) is 12.3. The monoisotopic (exact) mass is 243 g/mol. The third-order valence-corrected chi connectivity index (χ3v) is 2.56. The number of rotatable bonds is 4. The molecule has 0 saturated heterocycles. The van der Waals surface area contributed by atoms with E-state index < -0.39 is 18.1 Å². The van der Waals surface area contributed by atoms with Crippen molar-refractivity contribution in [3.05, 3.63) is 34.3 Å². The molecule has 1 amide bonds. The molecule has 2 unspecified atom stereocenters. The zero-order valence-electron chi connectivity index (χ0n) is 8.85. The second-order valence-electron chi connectivity index (χ2n) is 3.68. The van der Waals surface area contributed by atoms with Gasteiger partial charge in [-0.25, -0.2) is 0 Å². The van der Waals surface area contributed by atoms with Crippen molar-refractivity contribution in [2.75, 3.05) is 0 Å². The molecular formula is C11H14ClNO3. The number of aliphatic hydroxyl groups is 2. The molecule has 1 aromatic carbocycles. The van der Waals surface area contributed by atoms with Crippen LogP contribution in [0.4, 0.5) is 0 Å². The van der Waals surface area contributed by atoms with Crippen LogP contribution in [0.2, 0.25) is 5.02 Å². The van der Waals surface area contributed by atoms with E-state index in [9.17, 15) is 15.0 Å². The minimum Gasteiger partial charge on any atom is -0.390 e. The molecule has 16 heavy (non-hydrogen) atoms. The smallest absolute Gasteiger partial charge is 0.220 e. The number of amides is 1. The van der Waals surface area contributed by atoms with Crippen LogP contribution in [0.5, 0.6) is 0 Å². The lowest BCUT2D eigenvalue weighted by Crippen LogP contribution is -2.26. The van der Waals surface area contributed by atoms with Crippen molar-refractivity contribution in [3.63, 3.8) is 0 Å².